The Bertz CT molecular complexity index is 772. The van der Waals surface area contributed by atoms with Crippen LogP contribution in [0.5, 0.6) is 0 Å². The van der Waals surface area contributed by atoms with Crippen LogP contribution in [-0.2, 0) is 0 Å². The van der Waals surface area contributed by atoms with Gasteiger partial charge in [0.05, 0.1) is 0 Å². The molecule has 1 fully saturated rings. The number of hydrogen-bond acceptors (Lipinski definition) is 3. The highest BCUT2D eigenvalue weighted by atomic mass is 16.2. The molecule has 2 aromatic carbocycles. The fraction of sp³-hybridized carbons (Fsp3) is 0.278. The molecule has 0 saturated carbocycles. The van der Waals surface area contributed by atoms with Crippen molar-refractivity contribution in [1.82, 2.24) is 4.90 Å². The number of anilines is 1. The molecular formula is C18H19N5O. The summed E-state index contributed by atoms with van der Waals surface area (Å²) in [6, 6.07) is 15.2. The molecule has 0 unspecified atom stereocenters. The van der Waals surface area contributed by atoms with Gasteiger partial charge in [-0.1, -0.05) is 35.4 Å². The van der Waals surface area contributed by atoms with Gasteiger partial charge in [0.1, 0.15) is 0 Å². The summed E-state index contributed by atoms with van der Waals surface area (Å²) in [6.45, 7) is 4.95. The zero-order valence-corrected chi connectivity index (χ0v) is 13.6. The third-order valence-corrected chi connectivity index (χ3v) is 4.32. The Hall–Kier alpha value is -2.98. The summed E-state index contributed by atoms with van der Waals surface area (Å²) in [7, 11) is 0. The molecule has 2 aromatic rings. The topological polar surface area (TPSA) is 72.3 Å². The van der Waals surface area contributed by atoms with Crippen LogP contribution in [0.1, 0.15) is 15.9 Å². The van der Waals surface area contributed by atoms with Crippen LogP contribution in [0.25, 0.3) is 10.4 Å². The number of amides is 1. The maximum Gasteiger partial charge on any atom is 0.254 e. The van der Waals surface area contributed by atoms with Crippen molar-refractivity contribution >= 4 is 17.3 Å². The third-order valence-electron chi connectivity index (χ3n) is 4.32. The van der Waals surface area contributed by atoms with E-state index in [1.165, 1.54) is 0 Å². The van der Waals surface area contributed by atoms with Crippen LogP contribution < -0.4 is 4.90 Å². The second kappa shape index (κ2) is 7.06. The maximum absolute atomic E-state index is 12.6. The average Bonchev–Trinajstić information content (AvgIpc) is 2.63. The summed E-state index contributed by atoms with van der Waals surface area (Å²) in [5.74, 6) is 0.103. The molecule has 1 saturated heterocycles. The lowest BCUT2D eigenvalue weighted by Gasteiger charge is -2.36. The quantitative estimate of drug-likeness (QED) is 0.488. The minimum atomic E-state index is 0.103. The monoisotopic (exact) mass is 321 g/mol. The van der Waals surface area contributed by atoms with Gasteiger partial charge in [-0.05, 0) is 36.2 Å². The van der Waals surface area contributed by atoms with Gasteiger partial charge in [-0.3, -0.25) is 4.79 Å². The minimum absolute atomic E-state index is 0.103. The van der Waals surface area contributed by atoms with Gasteiger partial charge < -0.3 is 9.80 Å². The molecule has 6 heteroatoms. The van der Waals surface area contributed by atoms with Crippen molar-refractivity contribution in [2.75, 3.05) is 31.1 Å². The molecule has 0 radical (unpaired) electrons. The zero-order chi connectivity index (χ0) is 16.9. The standard InChI is InChI=1S/C18H19N5O/c1-14-4-2-3-5-17(14)18(24)23-12-10-22(11-13-23)16-8-6-15(7-9-16)20-21-19/h2-9H,10-13H2,1H3. The lowest BCUT2D eigenvalue weighted by atomic mass is 10.1. The fourth-order valence-corrected chi connectivity index (χ4v) is 2.93. The highest BCUT2D eigenvalue weighted by Crippen LogP contribution is 2.22. The first-order chi connectivity index (χ1) is 11.7. The SMILES string of the molecule is Cc1ccccc1C(=O)N1CCN(c2ccc(N=[N+]=[N-])cc2)CC1. The number of carbonyl (C=O) groups excluding carboxylic acids is 1. The summed E-state index contributed by atoms with van der Waals surface area (Å²) < 4.78 is 0. The highest BCUT2D eigenvalue weighted by Gasteiger charge is 2.23. The summed E-state index contributed by atoms with van der Waals surface area (Å²) >= 11 is 0. The van der Waals surface area contributed by atoms with Crippen LogP contribution in [0, 0.1) is 6.92 Å². The van der Waals surface area contributed by atoms with E-state index in [2.05, 4.69) is 14.9 Å². The van der Waals surface area contributed by atoms with Crippen LogP contribution in [0.3, 0.4) is 0 Å². The molecule has 0 atom stereocenters. The Morgan fingerprint density at radius 1 is 1.04 bits per heavy atom. The van der Waals surface area contributed by atoms with Crippen molar-refractivity contribution in [2.24, 2.45) is 5.11 Å². The molecule has 0 bridgehead atoms. The molecule has 6 nitrogen and oxygen atoms in total. The summed E-state index contributed by atoms with van der Waals surface area (Å²) in [5.41, 5.74) is 11.9. The first-order valence-electron chi connectivity index (χ1n) is 7.94. The van der Waals surface area contributed by atoms with Gasteiger partial charge in [0.15, 0.2) is 0 Å². The third kappa shape index (κ3) is 3.34. The van der Waals surface area contributed by atoms with Gasteiger partial charge in [-0.25, -0.2) is 0 Å². The van der Waals surface area contributed by atoms with Crippen LogP contribution in [0.4, 0.5) is 11.4 Å². The molecule has 0 N–H and O–H groups in total. The zero-order valence-electron chi connectivity index (χ0n) is 13.6. The van der Waals surface area contributed by atoms with E-state index >= 15 is 0 Å². The Balaban J connectivity index is 1.64. The Morgan fingerprint density at radius 2 is 1.71 bits per heavy atom. The number of azide groups is 1. The predicted molar refractivity (Wildman–Crippen MR) is 94.5 cm³/mol. The largest absolute Gasteiger partial charge is 0.368 e. The second-order valence-electron chi connectivity index (χ2n) is 5.80. The number of piperazine rings is 1. The second-order valence-corrected chi connectivity index (χ2v) is 5.80. The van der Waals surface area contributed by atoms with Gasteiger partial charge in [0.2, 0.25) is 0 Å². The van der Waals surface area contributed by atoms with E-state index in [1.807, 2.05) is 48.2 Å². The number of nitrogens with zero attached hydrogens (tertiary/aromatic N) is 5. The van der Waals surface area contributed by atoms with E-state index in [0.717, 1.165) is 29.9 Å². The number of hydrogen-bond donors (Lipinski definition) is 0. The van der Waals surface area contributed by atoms with E-state index in [9.17, 15) is 4.79 Å². The maximum atomic E-state index is 12.6. The number of rotatable bonds is 3. The lowest BCUT2D eigenvalue weighted by molar-refractivity contribution is 0.0746. The molecule has 1 heterocycles. The molecule has 1 aliphatic heterocycles. The predicted octanol–water partition coefficient (Wildman–Crippen LogP) is 3.90. The van der Waals surface area contributed by atoms with Crippen molar-refractivity contribution < 1.29 is 4.79 Å². The number of benzene rings is 2. The minimum Gasteiger partial charge on any atom is -0.368 e. The van der Waals surface area contributed by atoms with Crippen molar-refractivity contribution in [1.29, 1.82) is 0 Å². The van der Waals surface area contributed by atoms with Crippen LogP contribution in [0.15, 0.2) is 53.6 Å². The van der Waals surface area contributed by atoms with Crippen LogP contribution in [0.2, 0.25) is 0 Å². The molecule has 24 heavy (non-hydrogen) atoms. The van der Waals surface area contributed by atoms with Crippen molar-refractivity contribution in [3.05, 3.63) is 70.1 Å². The van der Waals surface area contributed by atoms with Crippen molar-refractivity contribution in [3.63, 3.8) is 0 Å². The number of aryl methyl sites for hydroxylation is 1. The summed E-state index contributed by atoms with van der Waals surface area (Å²) in [4.78, 5) is 19.6. The molecule has 0 aliphatic carbocycles. The molecule has 1 amide bonds. The fourth-order valence-electron chi connectivity index (χ4n) is 2.93. The first kappa shape index (κ1) is 15.9. The van der Waals surface area contributed by atoms with Gasteiger partial charge in [-0.2, -0.15) is 0 Å². The van der Waals surface area contributed by atoms with Crippen molar-refractivity contribution in [3.8, 4) is 0 Å². The Morgan fingerprint density at radius 3 is 2.33 bits per heavy atom. The van der Waals surface area contributed by atoms with E-state index in [1.54, 1.807) is 12.1 Å². The lowest BCUT2D eigenvalue weighted by Crippen LogP contribution is -2.48. The van der Waals surface area contributed by atoms with E-state index in [4.69, 9.17) is 5.53 Å². The smallest absolute Gasteiger partial charge is 0.254 e. The van der Waals surface area contributed by atoms with Gasteiger partial charge in [0.25, 0.3) is 5.91 Å². The normalized spacial score (nSPS) is 14.2. The Kier molecular flexibility index (Phi) is 4.68. The van der Waals surface area contributed by atoms with E-state index in [-0.39, 0.29) is 5.91 Å². The van der Waals surface area contributed by atoms with E-state index < -0.39 is 0 Å². The van der Waals surface area contributed by atoms with Crippen molar-refractivity contribution in [2.45, 2.75) is 6.92 Å². The first-order valence-corrected chi connectivity index (χ1v) is 7.94. The average molecular weight is 321 g/mol. The van der Waals surface area contributed by atoms with Crippen LogP contribution >= 0.6 is 0 Å². The molecule has 122 valence electrons. The summed E-state index contributed by atoms with van der Waals surface area (Å²) in [5, 5.41) is 3.58. The Labute approximate surface area is 140 Å². The van der Waals surface area contributed by atoms with Gasteiger partial charge in [-0.15, -0.1) is 0 Å². The highest BCUT2D eigenvalue weighted by molar-refractivity contribution is 5.95. The molecular weight excluding hydrogens is 302 g/mol. The molecule has 0 aromatic heterocycles. The number of carbonyl (C=O) groups is 1. The molecule has 1 aliphatic rings. The summed E-state index contributed by atoms with van der Waals surface area (Å²) in [6.07, 6.45) is 0. The molecule has 0 spiro atoms. The van der Waals surface area contributed by atoms with Crippen LogP contribution in [-0.4, -0.2) is 37.0 Å². The van der Waals surface area contributed by atoms with E-state index in [0.29, 0.717) is 18.8 Å². The molecule has 3 rings (SSSR count). The van der Waals surface area contributed by atoms with Gasteiger partial charge >= 0.3 is 0 Å². The van der Waals surface area contributed by atoms with Gasteiger partial charge in [0, 0.05) is 48.0 Å².